The highest BCUT2D eigenvalue weighted by atomic mass is 35.5. The van der Waals surface area contributed by atoms with Crippen LogP contribution in [0.5, 0.6) is 0 Å². The van der Waals surface area contributed by atoms with Gasteiger partial charge in [-0.05, 0) is 24.4 Å². The molecular formula is C16H19ClN4O5S. The Labute approximate surface area is 166 Å². The van der Waals surface area contributed by atoms with Crippen molar-refractivity contribution in [2.45, 2.75) is 25.7 Å². The fourth-order valence-electron chi connectivity index (χ4n) is 1.73. The largest absolute Gasteiger partial charge is 0.469 e. The molecule has 0 saturated carbocycles. The molecule has 0 spiro atoms. The molecule has 4 N–H and O–H groups in total. The van der Waals surface area contributed by atoms with E-state index >= 15 is 0 Å². The molecule has 0 fully saturated rings. The Morgan fingerprint density at radius 3 is 2.26 bits per heavy atom. The average Bonchev–Trinajstić information content (AvgIpc) is 2.64. The molecule has 1 aromatic rings. The van der Waals surface area contributed by atoms with Crippen LogP contribution in [0.4, 0.5) is 5.69 Å². The third-order valence-corrected chi connectivity index (χ3v) is 3.61. The van der Waals surface area contributed by atoms with E-state index in [0.717, 1.165) is 0 Å². The van der Waals surface area contributed by atoms with Gasteiger partial charge in [-0.3, -0.25) is 30.0 Å². The Balaban J connectivity index is 2.23. The van der Waals surface area contributed by atoms with Gasteiger partial charge in [0.05, 0.1) is 24.2 Å². The maximum atomic E-state index is 11.8. The number of ether oxygens (including phenoxy) is 1. The van der Waals surface area contributed by atoms with Gasteiger partial charge in [0.15, 0.2) is 5.11 Å². The SMILES string of the molecule is COC(=O)CCC(=O)NC(=S)NNC(=O)CCC(=O)Nc1ccccc1Cl. The Morgan fingerprint density at radius 1 is 0.963 bits per heavy atom. The quantitative estimate of drug-likeness (QED) is 0.298. The van der Waals surface area contributed by atoms with Crippen molar-refractivity contribution in [3.05, 3.63) is 29.3 Å². The highest BCUT2D eigenvalue weighted by molar-refractivity contribution is 7.80. The van der Waals surface area contributed by atoms with Gasteiger partial charge in [0, 0.05) is 19.3 Å². The number of nitrogens with one attached hydrogen (secondary N) is 4. The number of methoxy groups -OCH3 is 1. The molecule has 0 atom stereocenters. The molecule has 1 aromatic carbocycles. The standard InChI is InChI=1S/C16H19ClN4O5S/c1-26-15(25)9-8-13(23)19-16(27)21-20-14(24)7-6-12(22)18-11-5-3-2-4-10(11)17/h2-5H,6-9H2,1H3,(H,18,22)(H,20,24)(H2,19,21,23,27). The molecule has 27 heavy (non-hydrogen) atoms. The van der Waals surface area contributed by atoms with Crippen molar-refractivity contribution < 1.29 is 23.9 Å². The Bertz CT molecular complexity index is 729. The molecule has 0 aromatic heterocycles. The van der Waals surface area contributed by atoms with Gasteiger partial charge < -0.3 is 15.4 Å². The smallest absolute Gasteiger partial charge is 0.306 e. The fourth-order valence-corrected chi connectivity index (χ4v) is 2.08. The number of para-hydroxylation sites is 1. The zero-order chi connectivity index (χ0) is 20.2. The zero-order valence-corrected chi connectivity index (χ0v) is 16.0. The summed E-state index contributed by atoms with van der Waals surface area (Å²) in [4.78, 5) is 46.0. The van der Waals surface area contributed by atoms with Crippen LogP contribution < -0.4 is 21.5 Å². The molecule has 11 heteroatoms. The lowest BCUT2D eigenvalue weighted by Crippen LogP contribution is -2.48. The maximum absolute atomic E-state index is 11.8. The molecular weight excluding hydrogens is 396 g/mol. The topological polar surface area (TPSA) is 126 Å². The van der Waals surface area contributed by atoms with Gasteiger partial charge in [0.1, 0.15) is 0 Å². The van der Waals surface area contributed by atoms with Crippen LogP contribution in [0.25, 0.3) is 0 Å². The van der Waals surface area contributed by atoms with E-state index in [0.29, 0.717) is 10.7 Å². The zero-order valence-electron chi connectivity index (χ0n) is 14.5. The van der Waals surface area contributed by atoms with Gasteiger partial charge >= 0.3 is 5.97 Å². The first-order valence-electron chi connectivity index (χ1n) is 7.81. The molecule has 0 saturated heterocycles. The van der Waals surface area contributed by atoms with Crippen LogP contribution in [0.1, 0.15) is 25.7 Å². The lowest BCUT2D eigenvalue weighted by Gasteiger charge is -2.11. The van der Waals surface area contributed by atoms with Crippen LogP contribution in [-0.4, -0.2) is 35.9 Å². The van der Waals surface area contributed by atoms with Crippen molar-refractivity contribution in [2.24, 2.45) is 0 Å². The Morgan fingerprint density at radius 2 is 1.59 bits per heavy atom. The molecule has 146 valence electrons. The number of carbonyl (C=O) groups excluding carboxylic acids is 4. The van der Waals surface area contributed by atoms with Crippen molar-refractivity contribution >= 4 is 58.3 Å². The second-order valence-corrected chi connectivity index (χ2v) is 5.97. The minimum absolute atomic E-state index is 0.0724. The van der Waals surface area contributed by atoms with E-state index in [9.17, 15) is 19.2 Å². The van der Waals surface area contributed by atoms with Crippen molar-refractivity contribution in [2.75, 3.05) is 12.4 Å². The highest BCUT2D eigenvalue weighted by Gasteiger charge is 2.11. The van der Waals surface area contributed by atoms with E-state index in [1.807, 2.05) is 0 Å². The number of esters is 1. The van der Waals surface area contributed by atoms with Crippen LogP contribution in [0, 0.1) is 0 Å². The van der Waals surface area contributed by atoms with E-state index in [4.69, 9.17) is 23.8 Å². The van der Waals surface area contributed by atoms with Gasteiger partial charge in [-0.2, -0.15) is 0 Å². The van der Waals surface area contributed by atoms with Crippen molar-refractivity contribution in [3.8, 4) is 0 Å². The van der Waals surface area contributed by atoms with Gasteiger partial charge in [0.25, 0.3) is 0 Å². The summed E-state index contributed by atoms with van der Waals surface area (Å²) in [5, 5.41) is 5.13. The number of carbonyl (C=O) groups is 4. The fraction of sp³-hybridized carbons (Fsp3) is 0.312. The first-order valence-corrected chi connectivity index (χ1v) is 8.60. The van der Waals surface area contributed by atoms with E-state index in [1.54, 1.807) is 24.3 Å². The second kappa shape index (κ2) is 11.8. The Kier molecular flexibility index (Phi) is 9.76. The summed E-state index contributed by atoms with van der Waals surface area (Å²) in [6.45, 7) is 0. The molecule has 0 radical (unpaired) electrons. The number of anilines is 1. The normalized spacial score (nSPS) is 9.70. The average molecular weight is 415 g/mol. The van der Waals surface area contributed by atoms with Crippen molar-refractivity contribution in [1.29, 1.82) is 0 Å². The number of amides is 3. The number of hydrazine groups is 1. The predicted octanol–water partition coefficient (Wildman–Crippen LogP) is 1.03. The molecule has 0 bridgehead atoms. The third kappa shape index (κ3) is 9.52. The summed E-state index contributed by atoms with van der Waals surface area (Å²) >= 11 is 10.8. The summed E-state index contributed by atoms with van der Waals surface area (Å²) in [7, 11) is 1.22. The monoisotopic (exact) mass is 414 g/mol. The van der Waals surface area contributed by atoms with Crippen LogP contribution in [0.3, 0.4) is 0 Å². The van der Waals surface area contributed by atoms with Crippen LogP contribution >= 0.6 is 23.8 Å². The lowest BCUT2D eigenvalue weighted by atomic mass is 10.2. The van der Waals surface area contributed by atoms with E-state index < -0.39 is 17.8 Å². The van der Waals surface area contributed by atoms with Crippen molar-refractivity contribution in [1.82, 2.24) is 16.2 Å². The minimum Gasteiger partial charge on any atom is -0.469 e. The molecule has 0 heterocycles. The second-order valence-electron chi connectivity index (χ2n) is 5.15. The summed E-state index contributed by atoms with van der Waals surface area (Å²) in [5.41, 5.74) is 5.04. The molecule has 0 aliphatic heterocycles. The van der Waals surface area contributed by atoms with Crippen molar-refractivity contribution in [3.63, 3.8) is 0 Å². The molecule has 0 aliphatic rings. The Hall–Kier alpha value is -2.72. The van der Waals surface area contributed by atoms with Crippen LogP contribution in [0.2, 0.25) is 5.02 Å². The highest BCUT2D eigenvalue weighted by Crippen LogP contribution is 2.20. The summed E-state index contributed by atoms with van der Waals surface area (Å²) in [6.07, 6.45) is -0.373. The van der Waals surface area contributed by atoms with E-state index in [1.165, 1.54) is 7.11 Å². The first-order chi connectivity index (χ1) is 12.8. The number of halogens is 1. The number of hydrogen-bond acceptors (Lipinski definition) is 6. The predicted molar refractivity (Wildman–Crippen MR) is 103 cm³/mol. The first kappa shape index (κ1) is 22.3. The third-order valence-electron chi connectivity index (χ3n) is 3.08. The molecule has 0 unspecified atom stereocenters. The molecule has 0 aliphatic carbocycles. The van der Waals surface area contributed by atoms with Gasteiger partial charge in [-0.15, -0.1) is 0 Å². The summed E-state index contributed by atoms with van der Waals surface area (Å²) in [5.74, 6) is -1.91. The van der Waals surface area contributed by atoms with Gasteiger partial charge in [-0.1, -0.05) is 23.7 Å². The summed E-state index contributed by atoms with van der Waals surface area (Å²) < 4.78 is 4.41. The molecule has 1 rings (SSSR count). The van der Waals surface area contributed by atoms with Crippen LogP contribution in [0.15, 0.2) is 24.3 Å². The number of benzene rings is 1. The lowest BCUT2D eigenvalue weighted by molar-refractivity contribution is -0.142. The van der Waals surface area contributed by atoms with Gasteiger partial charge in [0.2, 0.25) is 17.7 Å². The summed E-state index contributed by atoms with van der Waals surface area (Å²) in [6, 6.07) is 6.73. The van der Waals surface area contributed by atoms with E-state index in [-0.39, 0.29) is 36.7 Å². The van der Waals surface area contributed by atoms with Gasteiger partial charge in [-0.25, -0.2) is 0 Å². The minimum atomic E-state index is -0.521. The maximum Gasteiger partial charge on any atom is 0.306 e. The molecule has 3 amide bonds. The van der Waals surface area contributed by atoms with Crippen LogP contribution in [-0.2, 0) is 23.9 Å². The number of rotatable bonds is 7. The molecule has 9 nitrogen and oxygen atoms in total. The number of hydrogen-bond donors (Lipinski definition) is 4. The van der Waals surface area contributed by atoms with E-state index in [2.05, 4.69) is 26.2 Å². The number of thiocarbonyl (C=S) groups is 1.